The molecule has 2 amide bonds. The Morgan fingerprint density at radius 1 is 1.00 bits per heavy atom. The van der Waals surface area contributed by atoms with Gasteiger partial charge in [0.15, 0.2) is 0 Å². The zero-order chi connectivity index (χ0) is 20.9. The van der Waals surface area contributed by atoms with E-state index in [1.165, 1.54) is 0 Å². The maximum absolute atomic E-state index is 12.6. The van der Waals surface area contributed by atoms with Crippen LogP contribution in [0.2, 0.25) is 0 Å². The molecule has 154 valence electrons. The summed E-state index contributed by atoms with van der Waals surface area (Å²) in [6.45, 7) is 1.02. The Kier molecular flexibility index (Phi) is 6.38. The van der Waals surface area contributed by atoms with Crippen molar-refractivity contribution in [1.82, 2.24) is 10.2 Å². The minimum absolute atomic E-state index is 0.0587. The van der Waals surface area contributed by atoms with E-state index in [0.717, 1.165) is 6.26 Å². The molecule has 0 aliphatic carbocycles. The van der Waals surface area contributed by atoms with Crippen LogP contribution in [0, 0.1) is 0 Å². The molecule has 1 saturated heterocycles. The summed E-state index contributed by atoms with van der Waals surface area (Å²) in [4.78, 5) is 26.3. The molecule has 9 heteroatoms. The summed E-state index contributed by atoms with van der Waals surface area (Å²) in [5.41, 5.74) is 0.892. The molecular formula is C20H23N3O5S. The van der Waals surface area contributed by atoms with Gasteiger partial charge in [0.2, 0.25) is 10.0 Å². The average molecular weight is 417 g/mol. The molecular weight excluding hydrogens is 394 g/mol. The normalized spacial score (nSPS) is 14.9. The second kappa shape index (κ2) is 8.95. The molecule has 0 radical (unpaired) electrons. The van der Waals surface area contributed by atoms with Crippen molar-refractivity contribution in [2.75, 3.05) is 24.1 Å². The van der Waals surface area contributed by atoms with E-state index in [1.807, 2.05) is 6.07 Å². The second-order valence-electron chi connectivity index (χ2n) is 6.86. The molecule has 0 atom stereocenters. The van der Waals surface area contributed by atoms with Gasteiger partial charge in [0.05, 0.1) is 6.26 Å². The fourth-order valence-electron chi connectivity index (χ4n) is 3.10. The number of anilines is 1. The van der Waals surface area contributed by atoms with Gasteiger partial charge in [-0.05, 0) is 49.2 Å². The Balaban J connectivity index is 1.48. The van der Waals surface area contributed by atoms with E-state index >= 15 is 0 Å². The maximum Gasteiger partial charge on any atom is 0.412 e. The van der Waals surface area contributed by atoms with E-state index in [1.54, 1.807) is 53.4 Å². The number of nitrogens with zero attached hydrogens (tertiary/aromatic N) is 1. The Morgan fingerprint density at radius 3 is 2.21 bits per heavy atom. The van der Waals surface area contributed by atoms with Gasteiger partial charge < -0.3 is 15.0 Å². The molecule has 1 aliphatic rings. The summed E-state index contributed by atoms with van der Waals surface area (Å²) in [6.07, 6.45) is 1.82. The van der Waals surface area contributed by atoms with E-state index < -0.39 is 16.1 Å². The van der Waals surface area contributed by atoms with Crippen molar-refractivity contribution in [1.29, 1.82) is 0 Å². The van der Waals surface area contributed by atoms with Crippen LogP contribution in [0.4, 0.5) is 10.5 Å². The number of carbonyl (C=O) groups is 2. The van der Waals surface area contributed by atoms with E-state index in [9.17, 15) is 18.0 Å². The predicted molar refractivity (Wildman–Crippen MR) is 109 cm³/mol. The molecule has 0 bridgehead atoms. The molecule has 1 heterocycles. The summed E-state index contributed by atoms with van der Waals surface area (Å²) in [7, 11) is -3.36. The Labute approximate surface area is 169 Å². The van der Waals surface area contributed by atoms with Crippen LogP contribution < -0.4 is 14.8 Å². The lowest BCUT2D eigenvalue weighted by Crippen LogP contribution is -2.47. The van der Waals surface area contributed by atoms with Crippen molar-refractivity contribution in [3.05, 3.63) is 60.2 Å². The number of hydrogen-bond donors (Lipinski definition) is 2. The number of ether oxygens (including phenoxy) is 1. The minimum Gasteiger partial charge on any atom is -0.410 e. The zero-order valence-electron chi connectivity index (χ0n) is 16.0. The van der Waals surface area contributed by atoms with E-state index in [2.05, 4.69) is 10.0 Å². The standard InChI is InChI=1S/C20H23N3O5S/c1-29(26,27)22-17-9-7-15(8-10-17)19(24)23-13-11-16(12-14-23)21-20(25)28-18-5-3-2-4-6-18/h2-10,16,22H,11-14H2,1H3,(H,21,25). The largest absolute Gasteiger partial charge is 0.412 e. The van der Waals surface area contributed by atoms with Crippen molar-refractivity contribution in [3.63, 3.8) is 0 Å². The Bertz CT molecular complexity index is 953. The number of carbonyl (C=O) groups excluding carboxylic acids is 2. The Hall–Kier alpha value is -3.07. The molecule has 0 aromatic heterocycles. The SMILES string of the molecule is CS(=O)(=O)Nc1ccc(C(=O)N2CCC(NC(=O)Oc3ccccc3)CC2)cc1. The van der Waals surface area contributed by atoms with Crippen molar-refractivity contribution in [2.45, 2.75) is 18.9 Å². The van der Waals surface area contributed by atoms with E-state index in [4.69, 9.17) is 4.74 Å². The smallest absolute Gasteiger partial charge is 0.410 e. The molecule has 29 heavy (non-hydrogen) atoms. The summed E-state index contributed by atoms with van der Waals surface area (Å²) in [5, 5.41) is 2.83. The number of nitrogens with one attached hydrogen (secondary N) is 2. The van der Waals surface area contributed by atoms with Crippen molar-refractivity contribution >= 4 is 27.7 Å². The van der Waals surface area contributed by atoms with Gasteiger partial charge in [-0.15, -0.1) is 0 Å². The van der Waals surface area contributed by atoms with Crippen LogP contribution in [0.15, 0.2) is 54.6 Å². The number of amides is 2. The summed E-state index contributed by atoms with van der Waals surface area (Å²) in [6, 6.07) is 15.1. The number of para-hydroxylation sites is 1. The number of piperidine rings is 1. The second-order valence-corrected chi connectivity index (χ2v) is 8.61. The van der Waals surface area contributed by atoms with Gasteiger partial charge in [-0.3, -0.25) is 9.52 Å². The monoisotopic (exact) mass is 417 g/mol. The van der Waals surface area contributed by atoms with E-state index in [-0.39, 0.29) is 11.9 Å². The topological polar surface area (TPSA) is 105 Å². The molecule has 1 fully saturated rings. The van der Waals surface area contributed by atoms with Gasteiger partial charge in [0.1, 0.15) is 5.75 Å². The molecule has 0 unspecified atom stereocenters. The van der Waals surface area contributed by atoms with Crippen LogP contribution in [0.3, 0.4) is 0 Å². The third-order valence-electron chi connectivity index (χ3n) is 4.49. The predicted octanol–water partition coefficient (Wildman–Crippen LogP) is 2.45. The lowest BCUT2D eigenvalue weighted by Gasteiger charge is -2.32. The van der Waals surface area contributed by atoms with Crippen molar-refractivity contribution < 1.29 is 22.7 Å². The lowest BCUT2D eigenvalue weighted by molar-refractivity contribution is 0.0706. The number of likely N-dealkylation sites (tertiary alicyclic amines) is 1. The number of sulfonamides is 1. The molecule has 8 nitrogen and oxygen atoms in total. The van der Waals surface area contributed by atoms with E-state index in [0.29, 0.717) is 42.9 Å². The van der Waals surface area contributed by atoms with Gasteiger partial charge in [-0.2, -0.15) is 0 Å². The molecule has 2 N–H and O–H groups in total. The first-order valence-electron chi connectivity index (χ1n) is 9.21. The van der Waals surface area contributed by atoms with Crippen molar-refractivity contribution in [2.24, 2.45) is 0 Å². The first kappa shape index (κ1) is 20.7. The lowest BCUT2D eigenvalue weighted by atomic mass is 10.0. The number of benzene rings is 2. The first-order valence-corrected chi connectivity index (χ1v) is 11.1. The van der Waals surface area contributed by atoms with Crippen LogP contribution in [0.1, 0.15) is 23.2 Å². The highest BCUT2D eigenvalue weighted by Crippen LogP contribution is 2.17. The van der Waals surface area contributed by atoms with Crippen LogP contribution in [0.5, 0.6) is 5.75 Å². The minimum atomic E-state index is -3.36. The van der Waals surface area contributed by atoms with Crippen LogP contribution in [0.25, 0.3) is 0 Å². The summed E-state index contributed by atoms with van der Waals surface area (Å²) < 4.78 is 30.1. The molecule has 1 aliphatic heterocycles. The quantitative estimate of drug-likeness (QED) is 0.778. The number of hydrogen-bond acceptors (Lipinski definition) is 5. The molecule has 2 aromatic rings. The highest BCUT2D eigenvalue weighted by Gasteiger charge is 2.25. The first-order chi connectivity index (χ1) is 13.8. The highest BCUT2D eigenvalue weighted by atomic mass is 32.2. The van der Waals surface area contributed by atoms with Gasteiger partial charge in [-0.1, -0.05) is 18.2 Å². The van der Waals surface area contributed by atoms with Crippen LogP contribution in [-0.2, 0) is 10.0 Å². The summed E-state index contributed by atoms with van der Waals surface area (Å²) in [5.74, 6) is 0.354. The summed E-state index contributed by atoms with van der Waals surface area (Å²) >= 11 is 0. The van der Waals surface area contributed by atoms with Gasteiger partial charge in [0, 0.05) is 30.4 Å². The fraction of sp³-hybridized carbons (Fsp3) is 0.300. The molecule has 3 rings (SSSR count). The molecule has 0 spiro atoms. The average Bonchev–Trinajstić information content (AvgIpc) is 2.68. The third kappa shape index (κ3) is 6.21. The third-order valence-corrected chi connectivity index (χ3v) is 5.10. The van der Waals surface area contributed by atoms with Crippen molar-refractivity contribution in [3.8, 4) is 5.75 Å². The maximum atomic E-state index is 12.6. The zero-order valence-corrected chi connectivity index (χ0v) is 16.8. The van der Waals surface area contributed by atoms with Crippen LogP contribution >= 0.6 is 0 Å². The fourth-order valence-corrected chi connectivity index (χ4v) is 3.66. The molecule has 2 aromatic carbocycles. The highest BCUT2D eigenvalue weighted by molar-refractivity contribution is 7.92. The Morgan fingerprint density at radius 2 is 1.62 bits per heavy atom. The number of rotatable bonds is 5. The van der Waals surface area contributed by atoms with Gasteiger partial charge >= 0.3 is 6.09 Å². The molecule has 0 saturated carbocycles. The van der Waals surface area contributed by atoms with Gasteiger partial charge in [0.25, 0.3) is 5.91 Å². The van der Waals surface area contributed by atoms with Crippen LogP contribution in [-0.4, -0.2) is 50.7 Å². The van der Waals surface area contributed by atoms with Gasteiger partial charge in [-0.25, -0.2) is 13.2 Å².